The normalized spacial score (nSPS) is 18.9. The second-order valence-electron chi connectivity index (χ2n) is 1.77. The topological polar surface area (TPSA) is 46.4 Å². The van der Waals surface area contributed by atoms with Gasteiger partial charge in [-0.1, -0.05) is 0 Å². The van der Waals surface area contributed by atoms with Crippen LogP contribution in [0.1, 0.15) is 6.92 Å². The maximum absolute atomic E-state index is 10.5. The number of esters is 1. The molecule has 1 rings (SSSR count). The molecular weight excluding hydrogens is 122 g/mol. The van der Waals surface area contributed by atoms with Crippen molar-refractivity contribution in [3.63, 3.8) is 0 Å². The van der Waals surface area contributed by atoms with Gasteiger partial charge in [-0.15, -0.1) is 4.58 Å². The maximum atomic E-state index is 10.5. The molecule has 1 aliphatic rings. The van der Waals surface area contributed by atoms with Gasteiger partial charge in [0.25, 0.3) is 0 Å². The van der Waals surface area contributed by atoms with E-state index < -0.39 is 11.9 Å². The largest absolute Gasteiger partial charge is 0.500 e. The molecule has 0 saturated heterocycles. The predicted molar refractivity (Wildman–Crippen MR) is 28.0 cm³/mol. The van der Waals surface area contributed by atoms with E-state index in [1.807, 2.05) is 0 Å². The molecule has 0 N–H and O–H groups in total. The molecule has 4 heteroatoms. The van der Waals surface area contributed by atoms with Gasteiger partial charge in [-0.05, 0) is 0 Å². The lowest BCUT2D eigenvalue weighted by Gasteiger charge is -1.77. The molecule has 0 atom stereocenters. The van der Waals surface area contributed by atoms with E-state index in [1.54, 1.807) is 6.92 Å². The van der Waals surface area contributed by atoms with Crippen molar-refractivity contribution >= 4 is 17.8 Å². The van der Waals surface area contributed by atoms with Crippen molar-refractivity contribution < 1.29 is 18.9 Å². The minimum absolute atomic E-state index is 0.338. The Morgan fingerprint density at radius 3 is 2.11 bits per heavy atom. The monoisotopic (exact) mass is 128 g/mol. The summed E-state index contributed by atoms with van der Waals surface area (Å²) in [6.07, 6.45) is 0. The Morgan fingerprint density at radius 1 is 1.44 bits per heavy atom. The van der Waals surface area contributed by atoms with Gasteiger partial charge in [0.05, 0.1) is 6.92 Å². The van der Waals surface area contributed by atoms with E-state index in [4.69, 9.17) is 0 Å². The van der Waals surface area contributed by atoms with Crippen LogP contribution in [-0.4, -0.2) is 29.4 Å². The Morgan fingerprint density at radius 2 is 2.00 bits per heavy atom. The number of ether oxygens (including phenoxy) is 1. The van der Waals surface area contributed by atoms with Gasteiger partial charge in [0.2, 0.25) is 0 Å². The summed E-state index contributed by atoms with van der Waals surface area (Å²) in [7, 11) is 1.49. The van der Waals surface area contributed by atoms with Crippen LogP contribution in [0.15, 0.2) is 0 Å². The van der Waals surface area contributed by atoms with Crippen molar-refractivity contribution in [1.29, 1.82) is 0 Å². The Bertz CT molecular complexity index is 213. The third-order valence-electron chi connectivity index (χ3n) is 1.19. The number of rotatable bonds is 0. The molecule has 0 unspecified atom stereocenters. The van der Waals surface area contributed by atoms with Crippen molar-refractivity contribution in [1.82, 2.24) is 0 Å². The molecular formula is C5H6NO3+. The zero-order valence-corrected chi connectivity index (χ0v) is 5.17. The van der Waals surface area contributed by atoms with Crippen molar-refractivity contribution in [2.24, 2.45) is 0 Å². The number of cyclic esters (lactones) is 1. The second-order valence-corrected chi connectivity index (χ2v) is 1.77. The van der Waals surface area contributed by atoms with Crippen LogP contribution >= 0.6 is 0 Å². The van der Waals surface area contributed by atoms with Gasteiger partial charge >= 0.3 is 17.8 Å². The average Bonchev–Trinajstić information content (AvgIpc) is 1.98. The van der Waals surface area contributed by atoms with Crippen LogP contribution in [0.25, 0.3) is 0 Å². The first-order valence-corrected chi connectivity index (χ1v) is 2.46. The molecule has 9 heavy (non-hydrogen) atoms. The molecule has 1 amide bonds. The molecule has 0 aromatic carbocycles. The molecule has 1 heterocycles. The maximum Gasteiger partial charge on any atom is 0.500 e. The zero-order chi connectivity index (χ0) is 7.02. The zero-order valence-electron chi connectivity index (χ0n) is 5.17. The van der Waals surface area contributed by atoms with E-state index in [9.17, 15) is 9.59 Å². The average molecular weight is 128 g/mol. The van der Waals surface area contributed by atoms with Gasteiger partial charge in [-0.2, -0.15) is 0 Å². The standard InChI is InChI=1S/C5H6NO3/c1-3-6(2)4(7)5(8)9-3/h1-2H3/q+1. The van der Waals surface area contributed by atoms with E-state index in [0.717, 1.165) is 0 Å². The highest BCUT2D eigenvalue weighted by atomic mass is 16.6. The smallest absolute Gasteiger partial charge is 0.363 e. The number of amides is 1. The molecule has 1 aliphatic heterocycles. The lowest BCUT2D eigenvalue weighted by atomic mass is 10.6. The van der Waals surface area contributed by atoms with Crippen LogP contribution in [0, 0.1) is 0 Å². The first-order chi connectivity index (χ1) is 4.13. The number of carbonyl (C=O) groups is 2. The van der Waals surface area contributed by atoms with Crippen LogP contribution < -0.4 is 0 Å². The van der Waals surface area contributed by atoms with E-state index in [-0.39, 0.29) is 0 Å². The minimum atomic E-state index is -0.796. The van der Waals surface area contributed by atoms with Gasteiger partial charge in [0, 0.05) is 0 Å². The number of hydrogen-bond donors (Lipinski definition) is 0. The molecule has 48 valence electrons. The van der Waals surface area contributed by atoms with E-state index >= 15 is 0 Å². The van der Waals surface area contributed by atoms with Gasteiger partial charge in [0.15, 0.2) is 0 Å². The van der Waals surface area contributed by atoms with Gasteiger partial charge in [-0.25, -0.2) is 9.59 Å². The van der Waals surface area contributed by atoms with Gasteiger partial charge < -0.3 is 4.74 Å². The van der Waals surface area contributed by atoms with E-state index in [2.05, 4.69) is 4.74 Å². The summed E-state index contributed by atoms with van der Waals surface area (Å²) >= 11 is 0. The predicted octanol–water partition coefficient (Wildman–Crippen LogP) is -0.870. The molecule has 0 saturated carbocycles. The lowest BCUT2D eigenvalue weighted by molar-refractivity contribution is -0.411. The number of hydrogen-bond acceptors (Lipinski definition) is 3. The second kappa shape index (κ2) is 1.65. The Hall–Kier alpha value is -1.19. The van der Waals surface area contributed by atoms with Crippen LogP contribution in [-0.2, 0) is 14.3 Å². The minimum Gasteiger partial charge on any atom is -0.363 e. The van der Waals surface area contributed by atoms with Gasteiger partial charge in [0.1, 0.15) is 7.05 Å². The van der Waals surface area contributed by atoms with Crippen molar-refractivity contribution in [2.45, 2.75) is 6.92 Å². The number of likely N-dealkylation sites (N-methyl/N-ethyl adjacent to an activating group) is 1. The molecule has 0 fully saturated rings. The summed E-state index contributed by atoms with van der Waals surface area (Å²) in [5.74, 6) is -1.06. The fraction of sp³-hybridized carbons (Fsp3) is 0.400. The first-order valence-electron chi connectivity index (χ1n) is 2.46. The van der Waals surface area contributed by atoms with E-state index in [1.165, 1.54) is 11.6 Å². The highest BCUT2D eigenvalue weighted by Gasteiger charge is 2.37. The highest BCUT2D eigenvalue weighted by Crippen LogP contribution is 1.94. The third kappa shape index (κ3) is 0.718. The molecule has 0 aromatic rings. The molecule has 0 radical (unpaired) electrons. The van der Waals surface area contributed by atoms with Crippen LogP contribution in [0.2, 0.25) is 0 Å². The molecule has 0 spiro atoms. The first kappa shape index (κ1) is 5.94. The Kier molecular flexibility index (Phi) is 1.09. The molecule has 0 bridgehead atoms. The van der Waals surface area contributed by atoms with Crippen molar-refractivity contribution in [2.75, 3.05) is 7.05 Å². The highest BCUT2D eigenvalue weighted by molar-refractivity contribution is 6.33. The number of nitrogens with zero attached hydrogens (tertiary/aromatic N) is 1. The summed E-state index contributed by atoms with van der Waals surface area (Å²) in [5, 5.41) is 0. The number of carbonyl (C=O) groups excluding carboxylic acids is 2. The fourth-order valence-corrected chi connectivity index (χ4v) is 0.526. The SMILES string of the molecule is CC1=[N+](C)C(=O)C(=O)O1. The Labute approximate surface area is 51.7 Å². The lowest BCUT2D eigenvalue weighted by Crippen LogP contribution is -2.17. The summed E-state index contributed by atoms with van der Waals surface area (Å²) in [6.45, 7) is 1.56. The summed E-state index contributed by atoms with van der Waals surface area (Å²) in [5.41, 5.74) is 0. The van der Waals surface area contributed by atoms with Gasteiger partial charge in [-0.3, -0.25) is 0 Å². The fourth-order valence-electron chi connectivity index (χ4n) is 0.526. The Balaban J connectivity index is 3.01. The van der Waals surface area contributed by atoms with Crippen LogP contribution in [0.5, 0.6) is 0 Å². The van der Waals surface area contributed by atoms with E-state index in [0.29, 0.717) is 5.90 Å². The third-order valence-corrected chi connectivity index (χ3v) is 1.19. The van der Waals surface area contributed by atoms with Crippen LogP contribution in [0.4, 0.5) is 0 Å². The summed E-state index contributed by atoms with van der Waals surface area (Å²) < 4.78 is 5.61. The van der Waals surface area contributed by atoms with Crippen LogP contribution in [0.3, 0.4) is 0 Å². The molecule has 0 aromatic heterocycles. The molecule has 4 nitrogen and oxygen atoms in total. The molecule has 0 aliphatic carbocycles. The van der Waals surface area contributed by atoms with Crippen molar-refractivity contribution in [3.05, 3.63) is 0 Å². The quantitative estimate of drug-likeness (QED) is 0.242. The summed E-state index contributed by atoms with van der Waals surface area (Å²) in [6, 6.07) is 0. The summed E-state index contributed by atoms with van der Waals surface area (Å²) in [4.78, 5) is 20.9. The van der Waals surface area contributed by atoms with Crippen molar-refractivity contribution in [3.8, 4) is 0 Å².